The van der Waals surface area contributed by atoms with Crippen LogP contribution in [-0.2, 0) is 6.42 Å². The van der Waals surface area contributed by atoms with E-state index < -0.39 is 0 Å². The SMILES string of the molecule is CCCCc1ccc(Oc2cccc(C(C)C)c2)cc1. The van der Waals surface area contributed by atoms with Gasteiger partial charge in [0.25, 0.3) is 0 Å². The number of aryl methyl sites for hydroxylation is 1. The summed E-state index contributed by atoms with van der Waals surface area (Å²) in [7, 11) is 0. The van der Waals surface area contributed by atoms with Gasteiger partial charge in [-0.25, -0.2) is 0 Å². The zero-order valence-electron chi connectivity index (χ0n) is 12.7. The molecule has 0 bridgehead atoms. The summed E-state index contributed by atoms with van der Waals surface area (Å²) < 4.78 is 5.93. The second kappa shape index (κ2) is 7.14. The van der Waals surface area contributed by atoms with Crippen molar-refractivity contribution in [3.05, 3.63) is 59.7 Å². The molecule has 0 unspecified atom stereocenters. The maximum Gasteiger partial charge on any atom is 0.127 e. The highest BCUT2D eigenvalue weighted by Gasteiger charge is 2.02. The Kier molecular flexibility index (Phi) is 5.23. The summed E-state index contributed by atoms with van der Waals surface area (Å²) in [4.78, 5) is 0. The van der Waals surface area contributed by atoms with Crippen molar-refractivity contribution in [2.45, 2.75) is 46.0 Å². The summed E-state index contributed by atoms with van der Waals surface area (Å²) in [6.07, 6.45) is 3.64. The van der Waals surface area contributed by atoms with Crippen LogP contribution in [0.1, 0.15) is 50.7 Å². The Morgan fingerprint density at radius 1 is 0.950 bits per heavy atom. The predicted molar refractivity (Wildman–Crippen MR) is 85.7 cm³/mol. The van der Waals surface area contributed by atoms with Gasteiger partial charge in [0, 0.05) is 0 Å². The lowest BCUT2D eigenvalue weighted by Crippen LogP contribution is -1.90. The third kappa shape index (κ3) is 4.12. The van der Waals surface area contributed by atoms with E-state index in [0.29, 0.717) is 5.92 Å². The van der Waals surface area contributed by atoms with Gasteiger partial charge in [-0.15, -0.1) is 0 Å². The van der Waals surface area contributed by atoms with Gasteiger partial charge in [-0.1, -0.05) is 51.5 Å². The van der Waals surface area contributed by atoms with E-state index in [1.807, 2.05) is 6.07 Å². The minimum absolute atomic E-state index is 0.523. The largest absolute Gasteiger partial charge is 0.457 e. The van der Waals surface area contributed by atoms with E-state index >= 15 is 0 Å². The summed E-state index contributed by atoms with van der Waals surface area (Å²) in [5.41, 5.74) is 2.69. The minimum atomic E-state index is 0.523. The molecule has 106 valence electrons. The average molecular weight is 268 g/mol. The molecular formula is C19H24O. The maximum atomic E-state index is 5.93. The monoisotopic (exact) mass is 268 g/mol. The molecule has 0 aromatic heterocycles. The molecule has 1 heteroatoms. The molecule has 0 saturated carbocycles. The lowest BCUT2D eigenvalue weighted by atomic mass is 10.0. The Labute approximate surface area is 122 Å². The molecule has 0 amide bonds. The topological polar surface area (TPSA) is 9.23 Å². The maximum absolute atomic E-state index is 5.93. The molecule has 0 aliphatic heterocycles. The van der Waals surface area contributed by atoms with Crippen LogP contribution < -0.4 is 4.74 Å². The van der Waals surface area contributed by atoms with E-state index in [1.165, 1.54) is 24.0 Å². The number of ether oxygens (including phenoxy) is 1. The Hall–Kier alpha value is -1.76. The van der Waals surface area contributed by atoms with E-state index in [4.69, 9.17) is 4.74 Å². The summed E-state index contributed by atoms with van der Waals surface area (Å²) in [5.74, 6) is 2.35. The van der Waals surface area contributed by atoms with Crippen molar-refractivity contribution in [2.75, 3.05) is 0 Å². The van der Waals surface area contributed by atoms with Gasteiger partial charge in [-0.05, 0) is 54.2 Å². The predicted octanol–water partition coefficient (Wildman–Crippen LogP) is 5.94. The Bertz CT molecular complexity index is 526. The third-order valence-corrected chi connectivity index (χ3v) is 3.50. The minimum Gasteiger partial charge on any atom is -0.457 e. The Balaban J connectivity index is 2.04. The van der Waals surface area contributed by atoms with Gasteiger partial charge in [-0.3, -0.25) is 0 Å². The molecule has 2 rings (SSSR count). The Morgan fingerprint density at radius 2 is 1.70 bits per heavy atom. The van der Waals surface area contributed by atoms with Crippen molar-refractivity contribution < 1.29 is 4.74 Å². The van der Waals surface area contributed by atoms with Crippen molar-refractivity contribution in [2.24, 2.45) is 0 Å². The van der Waals surface area contributed by atoms with Crippen molar-refractivity contribution in [1.29, 1.82) is 0 Å². The molecule has 0 N–H and O–H groups in total. The van der Waals surface area contributed by atoms with Crippen molar-refractivity contribution in [3.8, 4) is 11.5 Å². The van der Waals surface area contributed by atoms with Crippen LogP contribution in [0.25, 0.3) is 0 Å². The van der Waals surface area contributed by atoms with Crippen LogP contribution in [0.2, 0.25) is 0 Å². The highest BCUT2D eigenvalue weighted by atomic mass is 16.5. The lowest BCUT2D eigenvalue weighted by molar-refractivity contribution is 0.481. The molecule has 0 spiro atoms. The van der Waals surface area contributed by atoms with Crippen molar-refractivity contribution in [3.63, 3.8) is 0 Å². The Morgan fingerprint density at radius 3 is 2.35 bits per heavy atom. The molecule has 0 atom stereocenters. The van der Waals surface area contributed by atoms with E-state index in [0.717, 1.165) is 17.9 Å². The fourth-order valence-electron chi connectivity index (χ4n) is 2.18. The zero-order chi connectivity index (χ0) is 14.4. The van der Waals surface area contributed by atoms with Crippen LogP contribution in [0, 0.1) is 0 Å². The van der Waals surface area contributed by atoms with E-state index in [-0.39, 0.29) is 0 Å². The number of hydrogen-bond acceptors (Lipinski definition) is 1. The molecule has 0 saturated heterocycles. The van der Waals surface area contributed by atoms with Gasteiger partial charge >= 0.3 is 0 Å². The molecule has 2 aromatic rings. The summed E-state index contributed by atoms with van der Waals surface area (Å²) in [6.45, 7) is 6.61. The van der Waals surface area contributed by atoms with Crippen LogP contribution in [0.4, 0.5) is 0 Å². The van der Waals surface area contributed by atoms with Crippen LogP contribution >= 0.6 is 0 Å². The van der Waals surface area contributed by atoms with Crippen molar-refractivity contribution >= 4 is 0 Å². The second-order valence-corrected chi connectivity index (χ2v) is 5.58. The average Bonchev–Trinajstić information content (AvgIpc) is 2.47. The molecule has 2 aromatic carbocycles. The highest BCUT2D eigenvalue weighted by Crippen LogP contribution is 2.25. The van der Waals surface area contributed by atoms with Gasteiger partial charge < -0.3 is 4.74 Å². The smallest absolute Gasteiger partial charge is 0.127 e. The number of hydrogen-bond donors (Lipinski definition) is 0. The normalized spacial score (nSPS) is 10.8. The summed E-state index contributed by atoms with van der Waals surface area (Å²) in [5, 5.41) is 0. The molecule has 0 radical (unpaired) electrons. The van der Waals surface area contributed by atoms with Gasteiger partial charge in [0.1, 0.15) is 11.5 Å². The summed E-state index contributed by atoms with van der Waals surface area (Å²) in [6, 6.07) is 16.8. The number of unbranched alkanes of at least 4 members (excludes halogenated alkanes) is 1. The lowest BCUT2D eigenvalue weighted by Gasteiger charge is -2.10. The third-order valence-electron chi connectivity index (χ3n) is 3.50. The fourth-order valence-corrected chi connectivity index (χ4v) is 2.18. The van der Waals surface area contributed by atoms with E-state index in [1.54, 1.807) is 0 Å². The first kappa shape index (κ1) is 14.6. The van der Waals surface area contributed by atoms with Gasteiger partial charge in [0.05, 0.1) is 0 Å². The molecule has 0 aliphatic carbocycles. The number of benzene rings is 2. The van der Waals surface area contributed by atoms with Crippen molar-refractivity contribution in [1.82, 2.24) is 0 Å². The van der Waals surface area contributed by atoms with Gasteiger partial charge in [0.2, 0.25) is 0 Å². The first-order chi connectivity index (χ1) is 9.69. The molecule has 0 heterocycles. The standard InChI is InChI=1S/C19H24O/c1-4-5-7-16-10-12-18(13-11-16)20-19-9-6-8-17(14-19)15(2)3/h6,8-15H,4-5,7H2,1-3H3. The summed E-state index contributed by atoms with van der Waals surface area (Å²) >= 11 is 0. The zero-order valence-corrected chi connectivity index (χ0v) is 12.7. The molecule has 0 fully saturated rings. The van der Waals surface area contributed by atoms with Crippen LogP contribution in [-0.4, -0.2) is 0 Å². The second-order valence-electron chi connectivity index (χ2n) is 5.58. The van der Waals surface area contributed by atoms with Gasteiger partial charge in [-0.2, -0.15) is 0 Å². The number of rotatable bonds is 6. The van der Waals surface area contributed by atoms with Crippen LogP contribution in [0.3, 0.4) is 0 Å². The van der Waals surface area contributed by atoms with Crippen LogP contribution in [0.5, 0.6) is 11.5 Å². The first-order valence-corrected chi connectivity index (χ1v) is 7.56. The highest BCUT2D eigenvalue weighted by molar-refractivity contribution is 5.36. The molecular weight excluding hydrogens is 244 g/mol. The first-order valence-electron chi connectivity index (χ1n) is 7.56. The van der Waals surface area contributed by atoms with Crippen LogP contribution in [0.15, 0.2) is 48.5 Å². The quantitative estimate of drug-likeness (QED) is 0.629. The molecule has 20 heavy (non-hydrogen) atoms. The molecule has 1 nitrogen and oxygen atoms in total. The van der Waals surface area contributed by atoms with E-state index in [2.05, 4.69) is 63.2 Å². The molecule has 0 aliphatic rings. The van der Waals surface area contributed by atoms with Gasteiger partial charge in [0.15, 0.2) is 0 Å². The fraction of sp³-hybridized carbons (Fsp3) is 0.368. The van der Waals surface area contributed by atoms with E-state index in [9.17, 15) is 0 Å².